The number of aliphatic hydroxyl groups is 1. The highest BCUT2D eigenvalue weighted by molar-refractivity contribution is 5.92. The van der Waals surface area contributed by atoms with Gasteiger partial charge in [0.1, 0.15) is 5.75 Å². The van der Waals surface area contributed by atoms with Gasteiger partial charge in [0.25, 0.3) is 0 Å². The second-order valence-corrected chi connectivity index (χ2v) is 7.18. The van der Waals surface area contributed by atoms with Gasteiger partial charge in [0.2, 0.25) is 0 Å². The van der Waals surface area contributed by atoms with Crippen LogP contribution in [0.25, 0.3) is 0 Å². The SMILES string of the molecule is NC(=NCc1ccc(N2CCC(CO)CC2)cc1)Nc1ccc(OC(F)(F)F)cc1. The summed E-state index contributed by atoms with van der Waals surface area (Å²) in [6.07, 6.45) is -2.73. The van der Waals surface area contributed by atoms with Crippen LogP contribution in [0.2, 0.25) is 0 Å². The van der Waals surface area contributed by atoms with Gasteiger partial charge in [-0.05, 0) is 60.7 Å². The zero-order valence-corrected chi connectivity index (χ0v) is 16.4. The average Bonchev–Trinajstić information content (AvgIpc) is 2.73. The van der Waals surface area contributed by atoms with Crippen LogP contribution in [0.3, 0.4) is 0 Å². The highest BCUT2D eigenvalue weighted by atomic mass is 19.4. The van der Waals surface area contributed by atoms with E-state index in [1.807, 2.05) is 24.3 Å². The van der Waals surface area contributed by atoms with E-state index in [0.29, 0.717) is 18.2 Å². The van der Waals surface area contributed by atoms with Crippen molar-refractivity contribution in [3.05, 3.63) is 54.1 Å². The van der Waals surface area contributed by atoms with Gasteiger partial charge >= 0.3 is 6.36 Å². The Balaban J connectivity index is 1.50. The van der Waals surface area contributed by atoms with Crippen LogP contribution >= 0.6 is 0 Å². The van der Waals surface area contributed by atoms with Crippen LogP contribution < -0.4 is 20.7 Å². The third kappa shape index (κ3) is 6.55. The number of hydrogen-bond acceptors (Lipinski definition) is 4. The maximum Gasteiger partial charge on any atom is 0.573 e. The summed E-state index contributed by atoms with van der Waals surface area (Å²) in [6, 6.07) is 13.3. The molecule has 1 heterocycles. The van der Waals surface area contributed by atoms with Crippen LogP contribution in [0.15, 0.2) is 53.5 Å². The number of benzene rings is 2. The standard InChI is InChI=1S/C21H25F3N4O2/c22-21(23,24)30-19-7-3-17(4-8-19)27-20(25)26-13-15-1-5-18(6-2-15)28-11-9-16(14-29)10-12-28/h1-8,16,29H,9-14H2,(H3,25,26,27). The number of halogens is 3. The van der Waals surface area contributed by atoms with E-state index in [0.717, 1.165) is 37.2 Å². The molecule has 1 saturated heterocycles. The summed E-state index contributed by atoms with van der Waals surface area (Å²) in [5.74, 6) is 0.262. The zero-order chi connectivity index (χ0) is 21.6. The number of anilines is 2. The van der Waals surface area contributed by atoms with Crippen molar-refractivity contribution in [1.29, 1.82) is 0 Å². The highest BCUT2D eigenvalue weighted by Crippen LogP contribution is 2.25. The Morgan fingerprint density at radius 2 is 1.73 bits per heavy atom. The fourth-order valence-corrected chi connectivity index (χ4v) is 3.29. The number of nitrogens with two attached hydrogens (primary N) is 1. The van der Waals surface area contributed by atoms with Crippen molar-refractivity contribution in [2.75, 3.05) is 29.9 Å². The van der Waals surface area contributed by atoms with Crippen molar-refractivity contribution in [2.24, 2.45) is 16.6 Å². The van der Waals surface area contributed by atoms with Gasteiger partial charge in [-0.1, -0.05) is 12.1 Å². The Kier molecular flexibility index (Phi) is 7.04. The first kappa shape index (κ1) is 21.8. The molecular formula is C21H25F3N4O2. The Bertz CT molecular complexity index is 831. The molecule has 3 rings (SSSR count). The third-order valence-electron chi connectivity index (χ3n) is 4.97. The first-order valence-electron chi connectivity index (χ1n) is 9.70. The molecule has 0 saturated carbocycles. The molecule has 2 aromatic carbocycles. The maximum absolute atomic E-state index is 12.2. The highest BCUT2D eigenvalue weighted by Gasteiger charge is 2.30. The first-order chi connectivity index (χ1) is 14.3. The molecule has 6 nitrogen and oxygen atoms in total. The van der Waals surface area contributed by atoms with Gasteiger partial charge in [-0.3, -0.25) is 0 Å². The van der Waals surface area contributed by atoms with E-state index < -0.39 is 6.36 Å². The monoisotopic (exact) mass is 422 g/mol. The predicted molar refractivity (Wildman–Crippen MR) is 111 cm³/mol. The fourth-order valence-electron chi connectivity index (χ4n) is 3.29. The lowest BCUT2D eigenvalue weighted by atomic mass is 9.97. The summed E-state index contributed by atoms with van der Waals surface area (Å²) in [4.78, 5) is 6.57. The molecule has 0 radical (unpaired) electrons. The smallest absolute Gasteiger partial charge is 0.406 e. The Morgan fingerprint density at radius 1 is 1.10 bits per heavy atom. The van der Waals surface area contributed by atoms with Crippen LogP contribution in [0, 0.1) is 5.92 Å². The summed E-state index contributed by atoms with van der Waals surface area (Å²) in [5.41, 5.74) is 8.51. The van der Waals surface area contributed by atoms with Gasteiger partial charge in [0.15, 0.2) is 5.96 Å². The van der Waals surface area contributed by atoms with Crippen molar-refractivity contribution in [3.8, 4) is 5.75 Å². The normalized spacial score (nSPS) is 15.9. The van der Waals surface area contributed by atoms with Gasteiger partial charge < -0.3 is 25.8 Å². The van der Waals surface area contributed by atoms with Crippen molar-refractivity contribution in [3.63, 3.8) is 0 Å². The number of piperidine rings is 1. The number of alkyl halides is 3. The topological polar surface area (TPSA) is 83.1 Å². The molecule has 0 amide bonds. The molecule has 1 fully saturated rings. The number of nitrogens with zero attached hydrogens (tertiary/aromatic N) is 2. The van der Waals surface area contributed by atoms with Gasteiger partial charge in [0.05, 0.1) is 6.54 Å². The molecule has 0 bridgehead atoms. The molecule has 30 heavy (non-hydrogen) atoms. The second kappa shape index (κ2) is 9.71. The minimum Gasteiger partial charge on any atom is -0.406 e. The molecule has 0 spiro atoms. The lowest BCUT2D eigenvalue weighted by Crippen LogP contribution is -2.34. The quantitative estimate of drug-likeness (QED) is 0.488. The average molecular weight is 422 g/mol. The molecule has 1 aliphatic heterocycles. The van der Waals surface area contributed by atoms with Crippen LogP contribution in [-0.4, -0.2) is 37.1 Å². The predicted octanol–water partition coefficient (Wildman–Crippen LogP) is 3.72. The molecule has 4 N–H and O–H groups in total. The molecule has 2 aromatic rings. The Morgan fingerprint density at radius 3 is 2.30 bits per heavy atom. The first-order valence-corrected chi connectivity index (χ1v) is 9.70. The number of aliphatic hydroxyl groups excluding tert-OH is 1. The number of aliphatic imine (C=N–C) groups is 1. The molecule has 162 valence electrons. The molecular weight excluding hydrogens is 397 g/mol. The number of ether oxygens (including phenoxy) is 1. The molecule has 1 aliphatic rings. The molecule has 0 aromatic heterocycles. The van der Waals surface area contributed by atoms with E-state index in [4.69, 9.17) is 5.73 Å². The van der Waals surface area contributed by atoms with E-state index in [2.05, 4.69) is 19.9 Å². The third-order valence-corrected chi connectivity index (χ3v) is 4.97. The fraction of sp³-hybridized carbons (Fsp3) is 0.381. The Labute approximate surface area is 173 Å². The Hall–Kier alpha value is -2.94. The van der Waals surface area contributed by atoms with Crippen LogP contribution in [0.4, 0.5) is 24.5 Å². The zero-order valence-electron chi connectivity index (χ0n) is 16.4. The largest absolute Gasteiger partial charge is 0.573 e. The molecule has 9 heteroatoms. The van der Waals surface area contributed by atoms with Crippen LogP contribution in [0.1, 0.15) is 18.4 Å². The van der Waals surface area contributed by atoms with Crippen molar-refractivity contribution < 1.29 is 23.0 Å². The number of guanidine groups is 1. The van der Waals surface area contributed by atoms with Crippen molar-refractivity contribution >= 4 is 17.3 Å². The minimum absolute atomic E-state index is 0.162. The van der Waals surface area contributed by atoms with Gasteiger partial charge in [-0.2, -0.15) is 0 Å². The lowest BCUT2D eigenvalue weighted by molar-refractivity contribution is -0.274. The minimum atomic E-state index is -4.72. The van der Waals surface area contributed by atoms with Gasteiger partial charge in [0, 0.05) is 31.1 Å². The molecule has 0 aliphatic carbocycles. The number of hydrogen-bond donors (Lipinski definition) is 3. The van der Waals surface area contributed by atoms with Crippen molar-refractivity contribution in [2.45, 2.75) is 25.7 Å². The van der Waals surface area contributed by atoms with Crippen molar-refractivity contribution in [1.82, 2.24) is 0 Å². The molecule has 0 unspecified atom stereocenters. The summed E-state index contributed by atoms with van der Waals surface area (Å²) in [7, 11) is 0. The van der Waals surface area contributed by atoms with E-state index in [1.54, 1.807) is 0 Å². The second-order valence-electron chi connectivity index (χ2n) is 7.18. The summed E-state index contributed by atoms with van der Waals surface area (Å²) >= 11 is 0. The van der Waals surface area contributed by atoms with Gasteiger partial charge in [-0.25, -0.2) is 4.99 Å². The summed E-state index contributed by atoms with van der Waals surface area (Å²) in [6.45, 7) is 2.51. The van der Waals surface area contributed by atoms with E-state index in [1.165, 1.54) is 24.3 Å². The van der Waals surface area contributed by atoms with E-state index in [-0.39, 0.29) is 18.3 Å². The van der Waals surface area contributed by atoms with Crippen LogP contribution in [0.5, 0.6) is 5.75 Å². The summed E-state index contributed by atoms with van der Waals surface area (Å²) in [5, 5.41) is 12.1. The number of nitrogens with one attached hydrogen (secondary N) is 1. The van der Waals surface area contributed by atoms with Gasteiger partial charge in [-0.15, -0.1) is 13.2 Å². The lowest BCUT2D eigenvalue weighted by Gasteiger charge is -2.32. The molecule has 0 atom stereocenters. The van der Waals surface area contributed by atoms with Crippen LogP contribution in [-0.2, 0) is 6.54 Å². The van der Waals surface area contributed by atoms with E-state index >= 15 is 0 Å². The maximum atomic E-state index is 12.2. The van der Waals surface area contributed by atoms with E-state index in [9.17, 15) is 18.3 Å². The number of rotatable bonds is 6. The summed E-state index contributed by atoms with van der Waals surface area (Å²) < 4.78 is 40.4.